The van der Waals surface area contributed by atoms with Gasteiger partial charge in [0.1, 0.15) is 5.82 Å². The fourth-order valence-electron chi connectivity index (χ4n) is 2.59. The average molecular weight is 539 g/mol. The van der Waals surface area contributed by atoms with Gasteiger partial charge in [0.15, 0.2) is 5.96 Å². The maximum atomic E-state index is 13.3. The van der Waals surface area contributed by atoms with Crippen LogP contribution in [0, 0.1) is 5.82 Å². The molecule has 1 aromatic carbocycles. The van der Waals surface area contributed by atoms with Crippen molar-refractivity contribution >= 4 is 45.9 Å². The number of hydrogen-bond acceptors (Lipinski definition) is 2. The van der Waals surface area contributed by atoms with E-state index in [1.807, 2.05) is 0 Å². The highest BCUT2D eigenvalue weighted by Gasteiger charge is 2.34. The molecule has 1 saturated heterocycles. The van der Waals surface area contributed by atoms with Crippen LogP contribution in [-0.2, 0) is 6.54 Å². The lowest BCUT2D eigenvalue weighted by Crippen LogP contribution is -2.44. The summed E-state index contributed by atoms with van der Waals surface area (Å²) in [6, 6.07) is 4.28. The lowest BCUT2D eigenvalue weighted by Gasteiger charge is -2.20. The van der Waals surface area contributed by atoms with Crippen LogP contribution in [0.4, 0.5) is 17.6 Å². The lowest BCUT2D eigenvalue weighted by atomic mass is 10.2. The number of guanidine groups is 1. The number of halogens is 6. The van der Waals surface area contributed by atoms with Crippen LogP contribution in [0.3, 0.4) is 0 Å². The Bertz CT molecular complexity index is 597. The fraction of sp³-hybridized carbons (Fsp3) is 0.533. The van der Waals surface area contributed by atoms with Crippen molar-refractivity contribution in [3.8, 4) is 0 Å². The molecule has 10 heteroatoms. The van der Waals surface area contributed by atoms with Gasteiger partial charge in [-0.1, -0.05) is 15.9 Å². The molecule has 1 unspecified atom stereocenters. The van der Waals surface area contributed by atoms with Crippen LogP contribution in [0.25, 0.3) is 0 Å². The van der Waals surface area contributed by atoms with Crippen LogP contribution in [0.2, 0.25) is 0 Å². The Kier molecular flexibility index (Phi) is 8.89. The molecule has 1 heterocycles. The Morgan fingerprint density at radius 2 is 2.12 bits per heavy atom. The first-order valence-corrected chi connectivity index (χ1v) is 8.26. The van der Waals surface area contributed by atoms with Gasteiger partial charge in [-0.15, -0.1) is 24.0 Å². The monoisotopic (exact) mass is 538 g/mol. The predicted molar refractivity (Wildman–Crippen MR) is 104 cm³/mol. The largest absolute Gasteiger partial charge is 0.401 e. The number of hydrogen-bond donors (Lipinski definition) is 2. The molecule has 1 aliphatic rings. The topological polar surface area (TPSA) is 39.7 Å². The molecule has 0 aromatic heterocycles. The summed E-state index contributed by atoms with van der Waals surface area (Å²) in [6.45, 7) is 0.151. The van der Waals surface area contributed by atoms with E-state index in [1.165, 1.54) is 17.0 Å². The molecule has 4 nitrogen and oxygen atoms in total. The van der Waals surface area contributed by atoms with E-state index >= 15 is 0 Å². The molecule has 142 valence electrons. The third-order valence-electron chi connectivity index (χ3n) is 3.69. The number of nitrogens with one attached hydrogen (secondary N) is 2. The number of benzene rings is 1. The van der Waals surface area contributed by atoms with Gasteiger partial charge in [0.25, 0.3) is 0 Å². The summed E-state index contributed by atoms with van der Waals surface area (Å²) in [4.78, 5) is 5.43. The summed E-state index contributed by atoms with van der Waals surface area (Å²) in [5.41, 5.74) is 0.725. The molecule has 0 aliphatic carbocycles. The quantitative estimate of drug-likeness (QED) is 0.267. The van der Waals surface area contributed by atoms with Gasteiger partial charge in [-0.05, 0) is 30.2 Å². The normalized spacial score (nSPS) is 18.8. The number of rotatable bonds is 4. The zero-order valence-corrected chi connectivity index (χ0v) is 17.5. The van der Waals surface area contributed by atoms with E-state index in [0.717, 1.165) is 10.0 Å². The molecule has 0 bridgehead atoms. The van der Waals surface area contributed by atoms with Crippen molar-refractivity contribution in [3.05, 3.63) is 34.1 Å². The van der Waals surface area contributed by atoms with Crippen molar-refractivity contribution in [2.45, 2.75) is 25.2 Å². The van der Waals surface area contributed by atoms with Crippen molar-refractivity contribution in [3.63, 3.8) is 0 Å². The smallest absolute Gasteiger partial charge is 0.352 e. The zero-order valence-electron chi connectivity index (χ0n) is 13.5. The summed E-state index contributed by atoms with van der Waals surface area (Å²) in [5, 5.41) is 6.15. The second-order valence-electron chi connectivity index (χ2n) is 5.64. The predicted octanol–water partition coefficient (Wildman–Crippen LogP) is 3.51. The number of nitrogens with zero attached hydrogens (tertiary/aromatic N) is 2. The Hall–Kier alpha value is -0.620. The third kappa shape index (κ3) is 7.65. The Morgan fingerprint density at radius 1 is 1.40 bits per heavy atom. The summed E-state index contributed by atoms with van der Waals surface area (Å²) in [6.07, 6.45) is -3.57. The molecule has 1 fully saturated rings. The van der Waals surface area contributed by atoms with E-state index in [1.54, 1.807) is 13.1 Å². The maximum absolute atomic E-state index is 13.3. The van der Waals surface area contributed by atoms with E-state index in [2.05, 4.69) is 31.6 Å². The molecule has 1 atom stereocenters. The molecule has 2 N–H and O–H groups in total. The average Bonchev–Trinajstić information content (AvgIpc) is 2.91. The molecular weight excluding hydrogens is 519 g/mol. The van der Waals surface area contributed by atoms with E-state index in [4.69, 9.17) is 0 Å². The van der Waals surface area contributed by atoms with Gasteiger partial charge in [-0.2, -0.15) is 13.2 Å². The van der Waals surface area contributed by atoms with Gasteiger partial charge >= 0.3 is 6.18 Å². The van der Waals surface area contributed by atoms with Crippen molar-refractivity contribution in [1.29, 1.82) is 0 Å². The summed E-state index contributed by atoms with van der Waals surface area (Å²) in [7, 11) is 1.58. The van der Waals surface area contributed by atoms with E-state index in [9.17, 15) is 17.6 Å². The highest BCUT2D eigenvalue weighted by molar-refractivity contribution is 14.0. The van der Waals surface area contributed by atoms with Gasteiger partial charge in [0, 0.05) is 37.2 Å². The van der Waals surface area contributed by atoms with Crippen LogP contribution in [0.1, 0.15) is 12.0 Å². The molecule has 0 amide bonds. The third-order valence-corrected chi connectivity index (χ3v) is 4.47. The van der Waals surface area contributed by atoms with E-state index in [-0.39, 0.29) is 35.8 Å². The van der Waals surface area contributed by atoms with Crippen LogP contribution in [-0.4, -0.2) is 49.8 Å². The van der Waals surface area contributed by atoms with Crippen LogP contribution < -0.4 is 10.6 Å². The van der Waals surface area contributed by atoms with Gasteiger partial charge in [-0.3, -0.25) is 9.89 Å². The first kappa shape index (κ1) is 22.4. The molecule has 0 saturated carbocycles. The minimum atomic E-state index is -4.18. The Balaban J connectivity index is 0.00000312. The molecule has 0 radical (unpaired) electrons. The second kappa shape index (κ2) is 9.91. The van der Waals surface area contributed by atoms with Gasteiger partial charge in [-0.25, -0.2) is 4.39 Å². The maximum Gasteiger partial charge on any atom is 0.401 e. The zero-order chi connectivity index (χ0) is 17.7. The van der Waals surface area contributed by atoms with Crippen molar-refractivity contribution in [2.75, 3.05) is 26.7 Å². The highest BCUT2D eigenvalue weighted by atomic mass is 127. The first-order chi connectivity index (χ1) is 11.3. The minimum Gasteiger partial charge on any atom is -0.352 e. The first-order valence-electron chi connectivity index (χ1n) is 7.47. The Labute approximate surface area is 169 Å². The summed E-state index contributed by atoms with van der Waals surface area (Å²) < 4.78 is 51.3. The van der Waals surface area contributed by atoms with Crippen molar-refractivity contribution in [2.24, 2.45) is 4.99 Å². The second-order valence-corrected chi connectivity index (χ2v) is 6.50. The number of likely N-dealkylation sites (tertiary alicyclic amines) is 1. The number of alkyl halides is 3. The van der Waals surface area contributed by atoms with Crippen LogP contribution >= 0.6 is 39.9 Å². The molecular formula is C15H20BrF4IN4. The molecule has 1 aliphatic heterocycles. The highest BCUT2D eigenvalue weighted by Crippen LogP contribution is 2.20. The molecule has 0 spiro atoms. The van der Waals surface area contributed by atoms with Gasteiger partial charge < -0.3 is 10.6 Å². The standard InChI is InChI=1S/C15H19BrF4N4.HI/c1-21-14(22-7-10-6-11(17)2-3-13(10)16)23-12-4-5-24(8-12)9-15(18,19)20;/h2-3,6,12H,4-5,7-9H2,1H3,(H2,21,22,23);1H. The van der Waals surface area contributed by atoms with Crippen LogP contribution in [0.15, 0.2) is 27.7 Å². The van der Waals surface area contributed by atoms with E-state index in [0.29, 0.717) is 32.0 Å². The van der Waals surface area contributed by atoms with Crippen LogP contribution in [0.5, 0.6) is 0 Å². The molecule has 25 heavy (non-hydrogen) atoms. The van der Waals surface area contributed by atoms with E-state index < -0.39 is 12.7 Å². The minimum absolute atomic E-state index is 0. The number of aliphatic imine (C=N–C) groups is 1. The molecule has 1 aromatic rings. The summed E-state index contributed by atoms with van der Waals surface area (Å²) in [5.74, 6) is 0.140. The van der Waals surface area contributed by atoms with Crippen molar-refractivity contribution in [1.82, 2.24) is 15.5 Å². The fourth-order valence-corrected chi connectivity index (χ4v) is 2.98. The van der Waals surface area contributed by atoms with Gasteiger partial charge in [0.05, 0.1) is 6.54 Å². The molecule has 2 rings (SSSR count). The van der Waals surface area contributed by atoms with Crippen molar-refractivity contribution < 1.29 is 17.6 Å². The van der Waals surface area contributed by atoms with Gasteiger partial charge in [0.2, 0.25) is 0 Å². The Morgan fingerprint density at radius 3 is 2.76 bits per heavy atom. The lowest BCUT2D eigenvalue weighted by molar-refractivity contribution is -0.143. The summed E-state index contributed by atoms with van der Waals surface area (Å²) >= 11 is 3.35. The SMILES string of the molecule is CN=C(NCc1cc(F)ccc1Br)NC1CCN(CC(F)(F)F)C1.I.